The second-order valence-corrected chi connectivity index (χ2v) is 6.98. The zero-order chi connectivity index (χ0) is 18.7. The summed E-state index contributed by atoms with van der Waals surface area (Å²) in [5, 5.41) is 20.7. The number of nitrogens with zero attached hydrogens (tertiary/aromatic N) is 4. The van der Waals surface area contributed by atoms with Crippen molar-refractivity contribution < 1.29 is 9.66 Å². The van der Waals surface area contributed by atoms with Crippen LogP contribution < -0.4 is 4.74 Å². The molecule has 0 unspecified atom stereocenters. The normalized spacial score (nSPS) is 10.7. The lowest BCUT2D eigenvalue weighted by molar-refractivity contribution is -0.387. The lowest BCUT2D eigenvalue weighted by atomic mass is 10.2. The molecule has 0 bridgehead atoms. The number of ether oxygens (including phenoxy) is 1. The minimum atomic E-state index is -0.393. The summed E-state index contributed by atoms with van der Waals surface area (Å²) in [7, 11) is 1.79. The molecule has 0 fully saturated rings. The van der Waals surface area contributed by atoms with Gasteiger partial charge in [0.25, 0.3) is 5.69 Å². The molecule has 1 aromatic heterocycles. The molecule has 0 aliphatic carbocycles. The van der Waals surface area contributed by atoms with Gasteiger partial charge in [0.05, 0.1) is 9.82 Å². The molecular weight excluding hydrogens is 376 g/mol. The van der Waals surface area contributed by atoms with Crippen molar-refractivity contribution in [1.82, 2.24) is 14.8 Å². The van der Waals surface area contributed by atoms with Crippen molar-refractivity contribution in [1.29, 1.82) is 0 Å². The number of nitro benzene ring substituents is 1. The van der Waals surface area contributed by atoms with Crippen molar-refractivity contribution in [3.63, 3.8) is 0 Å². The maximum absolute atomic E-state index is 11.3. The van der Waals surface area contributed by atoms with E-state index in [9.17, 15) is 10.1 Å². The molecule has 0 amide bonds. The van der Waals surface area contributed by atoms with E-state index in [1.807, 2.05) is 13.0 Å². The number of aryl methyl sites for hydroxylation is 1. The van der Waals surface area contributed by atoms with Gasteiger partial charge in [0, 0.05) is 18.1 Å². The van der Waals surface area contributed by atoms with E-state index < -0.39 is 4.92 Å². The van der Waals surface area contributed by atoms with Gasteiger partial charge in [-0.3, -0.25) is 10.1 Å². The molecule has 3 rings (SSSR count). The molecule has 9 heteroatoms. The number of hydrogen-bond acceptors (Lipinski definition) is 6. The molecule has 134 valence electrons. The summed E-state index contributed by atoms with van der Waals surface area (Å²) in [6.45, 7) is 2.04. The van der Waals surface area contributed by atoms with E-state index in [4.69, 9.17) is 16.3 Å². The Bertz CT molecular complexity index is 944. The molecule has 1 heterocycles. The molecule has 7 nitrogen and oxygen atoms in total. The highest BCUT2D eigenvalue weighted by molar-refractivity contribution is 7.99. The number of nitro groups is 1. The largest absolute Gasteiger partial charge is 0.486 e. The van der Waals surface area contributed by atoms with Crippen molar-refractivity contribution in [2.75, 3.05) is 0 Å². The monoisotopic (exact) mass is 390 g/mol. The highest BCUT2D eigenvalue weighted by atomic mass is 35.5. The zero-order valence-corrected chi connectivity index (χ0v) is 15.6. The maximum Gasteiger partial charge on any atom is 0.283 e. The van der Waals surface area contributed by atoms with Gasteiger partial charge in [-0.15, -0.1) is 10.2 Å². The van der Waals surface area contributed by atoms with Gasteiger partial charge in [-0.25, -0.2) is 0 Å². The quantitative estimate of drug-likeness (QED) is 0.457. The molecule has 0 saturated heterocycles. The van der Waals surface area contributed by atoms with Crippen molar-refractivity contribution in [2.45, 2.75) is 23.6 Å². The standard InChI is InChI=1S/C17H15ClN4O3S/c1-11-3-8-15(14(9-11)22(23)24)26-17-20-19-16(21(17)2)10-25-13-6-4-12(18)5-7-13/h3-9H,10H2,1-2H3. The Hall–Kier alpha value is -2.58. The first-order valence-corrected chi connectivity index (χ1v) is 8.83. The van der Waals surface area contributed by atoms with Crippen molar-refractivity contribution in [3.8, 4) is 5.75 Å². The molecule has 0 spiro atoms. The molecule has 2 aromatic carbocycles. The summed E-state index contributed by atoms with van der Waals surface area (Å²) in [4.78, 5) is 11.4. The second kappa shape index (κ2) is 7.76. The minimum absolute atomic E-state index is 0.0527. The Labute approximate surface area is 159 Å². The molecular formula is C17H15ClN4O3S. The molecule has 26 heavy (non-hydrogen) atoms. The predicted molar refractivity (Wildman–Crippen MR) is 98.7 cm³/mol. The van der Waals surface area contributed by atoms with E-state index in [2.05, 4.69) is 10.2 Å². The second-order valence-electron chi connectivity index (χ2n) is 5.53. The minimum Gasteiger partial charge on any atom is -0.486 e. The van der Waals surface area contributed by atoms with Crippen LogP contribution in [-0.4, -0.2) is 19.7 Å². The van der Waals surface area contributed by atoms with Crippen LogP contribution in [0.1, 0.15) is 11.4 Å². The fraction of sp³-hybridized carbons (Fsp3) is 0.176. The number of rotatable bonds is 6. The van der Waals surface area contributed by atoms with Crippen LogP contribution in [0.15, 0.2) is 52.5 Å². The topological polar surface area (TPSA) is 83.1 Å². The highest BCUT2D eigenvalue weighted by Crippen LogP contribution is 2.34. The van der Waals surface area contributed by atoms with Crippen LogP contribution in [0.25, 0.3) is 0 Å². The summed E-state index contributed by atoms with van der Waals surface area (Å²) in [5.41, 5.74) is 0.882. The van der Waals surface area contributed by atoms with Crippen LogP contribution in [0.5, 0.6) is 5.75 Å². The number of aromatic nitrogens is 3. The molecule has 0 saturated carbocycles. The van der Waals surface area contributed by atoms with E-state index in [1.165, 1.54) is 11.8 Å². The Balaban J connectivity index is 1.75. The number of benzene rings is 2. The SMILES string of the molecule is Cc1ccc(Sc2nnc(COc3ccc(Cl)cc3)n2C)c([N+](=O)[O-])c1. The lowest BCUT2D eigenvalue weighted by Crippen LogP contribution is -2.04. The van der Waals surface area contributed by atoms with Crippen LogP contribution in [0, 0.1) is 17.0 Å². The Morgan fingerprint density at radius 1 is 1.23 bits per heavy atom. The third-order valence-electron chi connectivity index (χ3n) is 3.62. The Morgan fingerprint density at radius 3 is 2.65 bits per heavy atom. The molecule has 0 atom stereocenters. The lowest BCUT2D eigenvalue weighted by Gasteiger charge is -2.07. The van der Waals surface area contributed by atoms with Gasteiger partial charge in [-0.05, 0) is 54.6 Å². The third-order valence-corrected chi connectivity index (χ3v) is 4.97. The molecule has 0 N–H and O–H groups in total. The van der Waals surface area contributed by atoms with E-state index >= 15 is 0 Å². The van der Waals surface area contributed by atoms with Crippen LogP contribution in [0.4, 0.5) is 5.69 Å². The maximum atomic E-state index is 11.3. The zero-order valence-electron chi connectivity index (χ0n) is 14.0. The Kier molecular flexibility index (Phi) is 5.43. The molecule has 0 radical (unpaired) electrons. The van der Waals surface area contributed by atoms with E-state index in [0.717, 1.165) is 5.56 Å². The average Bonchev–Trinajstić information content (AvgIpc) is 2.96. The van der Waals surface area contributed by atoms with Gasteiger partial charge in [0.15, 0.2) is 11.0 Å². The van der Waals surface area contributed by atoms with Gasteiger partial charge >= 0.3 is 0 Å². The number of hydrogen-bond donors (Lipinski definition) is 0. The summed E-state index contributed by atoms with van der Waals surface area (Å²) < 4.78 is 7.42. The summed E-state index contributed by atoms with van der Waals surface area (Å²) in [6, 6.07) is 12.1. The Morgan fingerprint density at radius 2 is 1.96 bits per heavy atom. The van der Waals surface area contributed by atoms with Crippen molar-refractivity contribution in [2.24, 2.45) is 7.05 Å². The van der Waals surface area contributed by atoms with Gasteiger partial charge in [0.1, 0.15) is 12.4 Å². The first-order valence-electron chi connectivity index (χ1n) is 7.63. The molecule has 3 aromatic rings. The summed E-state index contributed by atoms with van der Waals surface area (Å²) >= 11 is 7.04. The average molecular weight is 391 g/mol. The first-order chi connectivity index (χ1) is 12.4. The van der Waals surface area contributed by atoms with Crippen LogP contribution in [-0.2, 0) is 13.7 Å². The number of halogens is 1. The van der Waals surface area contributed by atoms with E-state index in [1.54, 1.807) is 48.0 Å². The molecule has 0 aliphatic rings. The smallest absolute Gasteiger partial charge is 0.283 e. The summed E-state index contributed by atoms with van der Waals surface area (Å²) in [5.74, 6) is 1.28. The van der Waals surface area contributed by atoms with Crippen molar-refractivity contribution >= 4 is 29.1 Å². The highest BCUT2D eigenvalue weighted by Gasteiger charge is 2.18. The van der Waals surface area contributed by atoms with Gasteiger partial charge < -0.3 is 9.30 Å². The van der Waals surface area contributed by atoms with Gasteiger partial charge in [-0.1, -0.05) is 17.7 Å². The third kappa shape index (κ3) is 4.14. The van der Waals surface area contributed by atoms with Gasteiger partial charge in [-0.2, -0.15) is 0 Å². The first kappa shape index (κ1) is 18.2. The predicted octanol–water partition coefficient (Wildman–Crippen LogP) is 4.42. The van der Waals surface area contributed by atoms with Crippen molar-refractivity contribution in [3.05, 3.63) is 69.0 Å². The van der Waals surface area contributed by atoms with Crippen LogP contribution in [0.2, 0.25) is 5.02 Å². The van der Waals surface area contributed by atoms with E-state index in [0.29, 0.717) is 26.6 Å². The van der Waals surface area contributed by atoms with Crippen LogP contribution >= 0.6 is 23.4 Å². The van der Waals surface area contributed by atoms with Crippen LogP contribution in [0.3, 0.4) is 0 Å². The van der Waals surface area contributed by atoms with Gasteiger partial charge in [0.2, 0.25) is 0 Å². The fourth-order valence-electron chi connectivity index (χ4n) is 2.19. The van der Waals surface area contributed by atoms with E-state index in [-0.39, 0.29) is 12.3 Å². The molecule has 0 aliphatic heterocycles. The fourth-order valence-corrected chi connectivity index (χ4v) is 3.21. The summed E-state index contributed by atoms with van der Waals surface area (Å²) in [6.07, 6.45) is 0.